The molecule has 3 heterocycles. The molecule has 0 radical (unpaired) electrons. The standard InChI is InChI=1S/C21H24N4O3/c1-3-25-19(22-17-8-5-4-7-16(17)20(25)26)15(2)23-10-12-24(13-11-23)21(27)18-9-6-14-28-18/h4-9,14-15H,3,10-13H2,1-2H3. The predicted molar refractivity (Wildman–Crippen MR) is 106 cm³/mol. The van der Waals surface area contributed by atoms with Gasteiger partial charge in [0.1, 0.15) is 5.82 Å². The fourth-order valence-electron chi connectivity index (χ4n) is 3.84. The van der Waals surface area contributed by atoms with Gasteiger partial charge in [0.05, 0.1) is 23.2 Å². The van der Waals surface area contributed by atoms with Crippen molar-refractivity contribution in [3.05, 3.63) is 64.6 Å². The number of aromatic nitrogens is 2. The quantitative estimate of drug-likeness (QED) is 0.696. The van der Waals surface area contributed by atoms with Crippen LogP contribution in [0, 0.1) is 0 Å². The third-order valence-electron chi connectivity index (χ3n) is 5.46. The molecule has 0 bridgehead atoms. The van der Waals surface area contributed by atoms with Crippen LogP contribution in [-0.2, 0) is 6.54 Å². The maximum atomic E-state index is 12.9. The van der Waals surface area contributed by atoms with Gasteiger partial charge in [-0.15, -0.1) is 0 Å². The molecule has 7 nitrogen and oxygen atoms in total. The number of amides is 1. The van der Waals surface area contributed by atoms with Crippen LogP contribution < -0.4 is 5.56 Å². The second-order valence-corrected chi connectivity index (χ2v) is 7.02. The number of furan rings is 1. The normalized spacial score (nSPS) is 16.4. The zero-order chi connectivity index (χ0) is 19.7. The predicted octanol–water partition coefficient (Wildman–Crippen LogP) is 2.53. The van der Waals surface area contributed by atoms with Crippen molar-refractivity contribution in [2.75, 3.05) is 26.2 Å². The van der Waals surface area contributed by atoms with Gasteiger partial charge in [-0.05, 0) is 38.1 Å². The van der Waals surface area contributed by atoms with E-state index < -0.39 is 0 Å². The van der Waals surface area contributed by atoms with E-state index in [4.69, 9.17) is 9.40 Å². The molecule has 146 valence electrons. The Morgan fingerprint density at radius 2 is 1.89 bits per heavy atom. The molecule has 2 aromatic heterocycles. The van der Waals surface area contributed by atoms with Crippen molar-refractivity contribution in [2.45, 2.75) is 26.4 Å². The second kappa shape index (κ2) is 7.59. The number of carbonyl (C=O) groups is 1. The van der Waals surface area contributed by atoms with Crippen molar-refractivity contribution in [1.82, 2.24) is 19.4 Å². The largest absolute Gasteiger partial charge is 0.459 e. The highest BCUT2D eigenvalue weighted by molar-refractivity contribution is 5.91. The molecule has 1 aliphatic rings. The molecule has 3 aromatic rings. The summed E-state index contributed by atoms with van der Waals surface area (Å²) in [6.07, 6.45) is 1.51. The van der Waals surface area contributed by atoms with Crippen LogP contribution in [0.15, 0.2) is 51.9 Å². The Morgan fingerprint density at radius 1 is 1.14 bits per heavy atom. The van der Waals surface area contributed by atoms with Gasteiger partial charge in [-0.2, -0.15) is 0 Å². The average molecular weight is 380 g/mol. The molecule has 1 saturated heterocycles. The highest BCUT2D eigenvalue weighted by Crippen LogP contribution is 2.22. The fourth-order valence-corrected chi connectivity index (χ4v) is 3.84. The summed E-state index contributed by atoms with van der Waals surface area (Å²) in [7, 11) is 0. The van der Waals surface area contributed by atoms with E-state index in [0.29, 0.717) is 30.8 Å². The molecule has 0 N–H and O–H groups in total. The lowest BCUT2D eigenvalue weighted by Crippen LogP contribution is -2.49. The highest BCUT2D eigenvalue weighted by Gasteiger charge is 2.28. The van der Waals surface area contributed by atoms with Gasteiger partial charge < -0.3 is 9.32 Å². The van der Waals surface area contributed by atoms with Crippen molar-refractivity contribution in [2.24, 2.45) is 0 Å². The molecule has 1 amide bonds. The maximum Gasteiger partial charge on any atom is 0.289 e. The molecule has 28 heavy (non-hydrogen) atoms. The van der Waals surface area contributed by atoms with Gasteiger partial charge in [0.2, 0.25) is 0 Å². The lowest BCUT2D eigenvalue weighted by atomic mass is 10.1. The summed E-state index contributed by atoms with van der Waals surface area (Å²) in [5, 5.41) is 0.647. The van der Waals surface area contributed by atoms with Gasteiger partial charge >= 0.3 is 0 Å². The molecule has 0 aliphatic carbocycles. The van der Waals surface area contributed by atoms with Crippen LogP contribution >= 0.6 is 0 Å². The third kappa shape index (κ3) is 3.22. The van der Waals surface area contributed by atoms with Crippen LogP contribution in [-0.4, -0.2) is 51.4 Å². The Hall–Kier alpha value is -2.93. The number of hydrogen-bond acceptors (Lipinski definition) is 5. The average Bonchev–Trinajstić information content (AvgIpc) is 3.28. The topological polar surface area (TPSA) is 71.6 Å². The summed E-state index contributed by atoms with van der Waals surface area (Å²) in [6.45, 7) is 7.30. The van der Waals surface area contributed by atoms with Gasteiger partial charge in [-0.3, -0.25) is 19.1 Å². The summed E-state index contributed by atoms with van der Waals surface area (Å²) in [4.78, 5) is 34.2. The second-order valence-electron chi connectivity index (χ2n) is 7.02. The number of carbonyl (C=O) groups excluding carboxylic acids is 1. The zero-order valence-corrected chi connectivity index (χ0v) is 16.2. The van der Waals surface area contributed by atoms with Crippen molar-refractivity contribution in [1.29, 1.82) is 0 Å². The number of para-hydroxylation sites is 1. The number of rotatable bonds is 4. The molecule has 1 atom stereocenters. The molecule has 0 saturated carbocycles. The first-order chi connectivity index (χ1) is 13.6. The number of hydrogen-bond donors (Lipinski definition) is 0. The van der Waals surface area contributed by atoms with Gasteiger partial charge in [-0.1, -0.05) is 12.1 Å². The maximum absolute atomic E-state index is 12.9. The summed E-state index contributed by atoms with van der Waals surface area (Å²) < 4.78 is 6.98. The Labute approximate surface area is 163 Å². The molecule has 1 aromatic carbocycles. The minimum atomic E-state index is -0.0772. The SMILES string of the molecule is CCn1c(C(C)N2CCN(C(=O)c3ccco3)CC2)nc2ccccc2c1=O. The number of nitrogens with zero attached hydrogens (tertiary/aromatic N) is 4. The van der Waals surface area contributed by atoms with Gasteiger partial charge in [0.25, 0.3) is 11.5 Å². The lowest BCUT2D eigenvalue weighted by Gasteiger charge is -2.37. The van der Waals surface area contributed by atoms with E-state index in [9.17, 15) is 9.59 Å². The summed E-state index contributed by atoms with van der Waals surface area (Å²) in [5.41, 5.74) is 0.729. The Kier molecular flexibility index (Phi) is 5.00. The van der Waals surface area contributed by atoms with E-state index in [1.54, 1.807) is 16.7 Å². The fraction of sp³-hybridized carbons (Fsp3) is 0.381. The van der Waals surface area contributed by atoms with E-state index in [0.717, 1.165) is 24.4 Å². The van der Waals surface area contributed by atoms with Crippen LogP contribution in [0.2, 0.25) is 0 Å². The summed E-state index contributed by atoms with van der Waals surface area (Å²) >= 11 is 0. The number of benzene rings is 1. The Morgan fingerprint density at radius 3 is 2.57 bits per heavy atom. The van der Waals surface area contributed by atoms with Crippen molar-refractivity contribution in [3.63, 3.8) is 0 Å². The minimum absolute atomic E-state index is 0.00147. The third-order valence-corrected chi connectivity index (χ3v) is 5.46. The highest BCUT2D eigenvalue weighted by atomic mass is 16.3. The van der Waals surface area contributed by atoms with E-state index in [-0.39, 0.29) is 17.5 Å². The first-order valence-electron chi connectivity index (χ1n) is 9.66. The van der Waals surface area contributed by atoms with E-state index in [2.05, 4.69) is 11.8 Å². The molecule has 4 rings (SSSR count). The first-order valence-corrected chi connectivity index (χ1v) is 9.66. The van der Waals surface area contributed by atoms with Crippen LogP contribution in [0.25, 0.3) is 10.9 Å². The van der Waals surface area contributed by atoms with Gasteiger partial charge in [0.15, 0.2) is 5.76 Å². The Bertz CT molecular complexity index is 1030. The Balaban J connectivity index is 1.55. The van der Waals surface area contributed by atoms with Crippen molar-refractivity contribution in [3.8, 4) is 0 Å². The van der Waals surface area contributed by atoms with Gasteiger partial charge in [0, 0.05) is 32.7 Å². The number of piperazine rings is 1. The molecule has 1 unspecified atom stereocenters. The van der Waals surface area contributed by atoms with Crippen LogP contribution in [0.5, 0.6) is 0 Å². The summed E-state index contributed by atoms with van der Waals surface area (Å²) in [6, 6.07) is 10.9. The molecular weight excluding hydrogens is 356 g/mol. The van der Waals surface area contributed by atoms with Crippen LogP contribution in [0.4, 0.5) is 0 Å². The van der Waals surface area contributed by atoms with E-state index in [1.165, 1.54) is 6.26 Å². The molecular formula is C21H24N4O3. The van der Waals surface area contributed by atoms with Crippen LogP contribution in [0.3, 0.4) is 0 Å². The van der Waals surface area contributed by atoms with E-state index >= 15 is 0 Å². The molecule has 1 aliphatic heterocycles. The first kappa shape index (κ1) is 18.4. The molecule has 0 spiro atoms. The zero-order valence-electron chi connectivity index (χ0n) is 16.2. The lowest BCUT2D eigenvalue weighted by molar-refractivity contribution is 0.0543. The van der Waals surface area contributed by atoms with Crippen molar-refractivity contribution >= 4 is 16.8 Å². The van der Waals surface area contributed by atoms with Crippen LogP contribution in [0.1, 0.15) is 36.3 Å². The minimum Gasteiger partial charge on any atom is -0.459 e. The van der Waals surface area contributed by atoms with Gasteiger partial charge in [-0.25, -0.2) is 4.98 Å². The molecule has 1 fully saturated rings. The molecule has 7 heteroatoms. The number of fused-ring (bicyclic) bond motifs is 1. The smallest absolute Gasteiger partial charge is 0.289 e. The van der Waals surface area contributed by atoms with Crippen molar-refractivity contribution < 1.29 is 9.21 Å². The monoisotopic (exact) mass is 380 g/mol. The summed E-state index contributed by atoms with van der Waals surface area (Å²) in [5.74, 6) is 1.07. The van der Waals surface area contributed by atoms with E-state index in [1.807, 2.05) is 36.1 Å².